The fourth-order valence-electron chi connectivity index (χ4n) is 1.59. The van der Waals surface area contributed by atoms with E-state index in [1.165, 1.54) is 20.0 Å². The molecule has 1 heterocycles. The van der Waals surface area contributed by atoms with Crippen LogP contribution in [0.15, 0.2) is 5.38 Å². The lowest BCUT2D eigenvalue weighted by Crippen LogP contribution is -2.19. The summed E-state index contributed by atoms with van der Waals surface area (Å²) in [6, 6.07) is 0.686. The number of nitrogens with zero attached hydrogens (tertiary/aromatic N) is 2. The van der Waals surface area contributed by atoms with E-state index in [2.05, 4.69) is 22.3 Å². The number of carbonyl (C=O) groups excluding carboxylic acids is 1. The summed E-state index contributed by atoms with van der Waals surface area (Å²) in [4.78, 5) is 18.1. The topological polar surface area (TPSA) is 42.4 Å². The summed E-state index contributed by atoms with van der Waals surface area (Å²) < 4.78 is 4.70. The van der Waals surface area contributed by atoms with Crippen molar-refractivity contribution in [3.8, 4) is 0 Å². The zero-order valence-electron chi connectivity index (χ0n) is 10.9. The summed E-state index contributed by atoms with van der Waals surface area (Å²) in [5.41, 5.74) is 1.04. The van der Waals surface area contributed by atoms with Gasteiger partial charge in [-0.1, -0.05) is 0 Å². The van der Waals surface area contributed by atoms with Crippen LogP contribution < -0.4 is 4.90 Å². The Labute approximate surface area is 116 Å². The maximum Gasteiger partial charge on any atom is 0.318 e. The number of carbonyl (C=O) groups is 1. The molecule has 1 fully saturated rings. The van der Waals surface area contributed by atoms with Gasteiger partial charge < -0.3 is 9.64 Å². The molecule has 0 aliphatic heterocycles. The van der Waals surface area contributed by atoms with Crippen molar-refractivity contribution >= 4 is 34.2 Å². The van der Waals surface area contributed by atoms with Crippen molar-refractivity contribution in [2.24, 2.45) is 0 Å². The fraction of sp³-hybridized carbons (Fsp3) is 0.667. The molecule has 18 heavy (non-hydrogen) atoms. The number of hydrogen-bond donors (Lipinski definition) is 0. The molecule has 0 bridgehead atoms. The van der Waals surface area contributed by atoms with Gasteiger partial charge in [0.15, 0.2) is 5.13 Å². The Balaban J connectivity index is 1.84. The van der Waals surface area contributed by atoms with E-state index in [4.69, 9.17) is 4.74 Å². The van der Waals surface area contributed by atoms with E-state index in [-0.39, 0.29) is 11.2 Å². The Hall–Kier alpha value is -0.750. The number of methoxy groups -OCH3 is 1. The molecule has 0 amide bonds. The minimum absolute atomic E-state index is 0.138. The minimum atomic E-state index is -0.175. The minimum Gasteiger partial charge on any atom is -0.468 e. The molecule has 1 saturated carbocycles. The predicted molar refractivity (Wildman–Crippen MR) is 76.3 cm³/mol. The zero-order chi connectivity index (χ0) is 13.1. The lowest BCUT2D eigenvalue weighted by molar-refractivity contribution is -0.139. The van der Waals surface area contributed by atoms with Crippen LogP contribution in [0.25, 0.3) is 0 Å². The highest BCUT2D eigenvalue weighted by Crippen LogP contribution is 2.32. The average Bonchev–Trinajstić information content (AvgIpc) is 3.13. The van der Waals surface area contributed by atoms with Crippen LogP contribution in [0, 0.1) is 0 Å². The van der Waals surface area contributed by atoms with Crippen LogP contribution in [-0.4, -0.2) is 36.4 Å². The van der Waals surface area contributed by atoms with Crippen LogP contribution in [0.2, 0.25) is 0 Å². The first kappa shape index (κ1) is 13.7. The van der Waals surface area contributed by atoms with Gasteiger partial charge >= 0.3 is 5.97 Å². The number of aromatic nitrogens is 1. The van der Waals surface area contributed by atoms with E-state index in [1.807, 2.05) is 6.92 Å². The molecule has 1 aliphatic carbocycles. The molecular weight excluding hydrogens is 268 g/mol. The van der Waals surface area contributed by atoms with Crippen LogP contribution in [0.1, 0.15) is 25.5 Å². The van der Waals surface area contributed by atoms with Crippen molar-refractivity contribution < 1.29 is 9.53 Å². The van der Waals surface area contributed by atoms with Crippen LogP contribution >= 0.6 is 23.1 Å². The van der Waals surface area contributed by atoms with E-state index in [0.29, 0.717) is 6.04 Å². The lowest BCUT2D eigenvalue weighted by atomic mass is 10.5. The maximum atomic E-state index is 11.3. The third kappa shape index (κ3) is 3.38. The normalized spacial score (nSPS) is 16.4. The Morgan fingerprint density at radius 3 is 3.06 bits per heavy atom. The summed E-state index contributed by atoms with van der Waals surface area (Å²) >= 11 is 3.24. The molecule has 4 nitrogen and oxygen atoms in total. The van der Waals surface area contributed by atoms with Crippen LogP contribution in [-0.2, 0) is 15.3 Å². The summed E-state index contributed by atoms with van der Waals surface area (Å²) in [5.74, 6) is 0.580. The van der Waals surface area contributed by atoms with Crippen LogP contribution in [0.3, 0.4) is 0 Å². The molecular formula is C12H18N2O2S2. The standard InChI is InChI=1S/C12H18N2O2S2/c1-8(11(15)16-3)17-6-9-7-18-12(13-9)14(2)10-4-5-10/h7-8,10H,4-6H2,1-3H3/t8-/m1/s1. The van der Waals surface area contributed by atoms with E-state index in [0.717, 1.165) is 16.6 Å². The second kappa shape index (κ2) is 5.93. The van der Waals surface area contributed by atoms with E-state index >= 15 is 0 Å². The van der Waals surface area contributed by atoms with Gasteiger partial charge in [0.2, 0.25) is 0 Å². The fourth-order valence-corrected chi connectivity index (χ4v) is 3.36. The largest absolute Gasteiger partial charge is 0.468 e. The highest BCUT2D eigenvalue weighted by molar-refractivity contribution is 7.99. The van der Waals surface area contributed by atoms with Crippen molar-refractivity contribution in [2.75, 3.05) is 19.1 Å². The van der Waals surface area contributed by atoms with Crippen LogP contribution in [0.5, 0.6) is 0 Å². The summed E-state index contributed by atoms with van der Waals surface area (Å²) in [7, 11) is 3.52. The van der Waals surface area contributed by atoms with Crippen molar-refractivity contribution in [2.45, 2.75) is 36.8 Å². The van der Waals surface area contributed by atoms with Crippen molar-refractivity contribution in [3.63, 3.8) is 0 Å². The Bertz CT molecular complexity index is 418. The molecule has 2 rings (SSSR count). The lowest BCUT2D eigenvalue weighted by Gasteiger charge is -2.13. The second-order valence-electron chi connectivity index (χ2n) is 4.44. The third-order valence-electron chi connectivity index (χ3n) is 2.95. The molecule has 1 aromatic heterocycles. The molecule has 0 saturated heterocycles. The van der Waals surface area contributed by atoms with Gasteiger partial charge in [-0.3, -0.25) is 4.79 Å². The van der Waals surface area contributed by atoms with Crippen LogP contribution in [0.4, 0.5) is 5.13 Å². The first-order chi connectivity index (χ1) is 8.61. The first-order valence-electron chi connectivity index (χ1n) is 5.98. The SMILES string of the molecule is COC(=O)[C@@H](C)SCc1csc(N(C)C2CC2)n1. The molecule has 0 spiro atoms. The number of hydrogen-bond acceptors (Lipinski definition) is 6. The van der Waals surface area contributed by atoms with Gasteiger partial charge in [-0.25, -0.2) is 4.98 Å². The Morgan fingerprint density at radius 1 is 1.72 bits per heavy atom. The molecule has 1 atom stereocenters. The molecule has 1 aromatic rings. The highest BCUT2D eigenvalue weighted by atomic mass is 32.2. The number of thiazole rings is 1. The summed E-state index contributed by atoms with van der Waals surface area (Å²) in [5, 5.41) is 3.02. The highest BCUT2D eigenvalue weighted by Gasteiger charge is 2.28. The van der Waals surface area contributed by atoms with Crippen molar-refractivity contribution in [1.82, 2.24) is 4.98 Å². The molecule has 0 radical (unpaired) electrons. The molecule has 0 aromatic carbocycles. The van der Waals surface area contributed by atoms with Gasteiger partial charge in [-0.05, 0) is 19.8 Å². The van der Waals surface area contributed by atoms with E-state index in [1.54, 1.807) is 23.1 Å². The summed E-state index contributed by atoms with van der Waals surface area (Å²) in [6.07, 6.45) is 2.55. The van der Waals surface area contributed by atoms with Gasteiger partial charge in [-0.15, -0.1) is 23.1 Å². The van der Waals surface area contributed by atoms with Crippen molar-refractivity contribution in [3.05, 3.63) is 11.1 Å². The number of esters is 1. The molecule has 6 heteroatoms. The first-order valence-corrected chi connectivity index (χ1v) is 7.91. The molecule has 0 N–H and O–H groups in total. The molecule has 1 aliphatic rings. The van der Waals surface area contributed by atoms with Gasteiger partial charge in [0, 0.05) is 24.2 Å². The summed E-state index contributed by atoms with van der Waals surface area (Å²) in [6.45, 7) is 1.86. The number of ether oxygens (including phenoxy) is 1. The van der Waals surface area contributed by atoms with Gasteiger partial charge in [-0.2, -0.15) is 0 Å². The van der Waals surface area contributed by atoms with Gasteiger partial charge in [0.25, 0.3) is 0 Å². The van der Waals surface area contributed by atoms with E-state index in [9.17, 15) is 4.79 Å². The number of thioether (sulfide) groups is 1. The monoisotopic (exact) mass is 286 g/mol. The number of rotatable bonds is 6. The zero-order valence-corrected chi connectivity index (χ0v) is 12.5. The quantitative estimate of drug-likeness (QED) is 0.752. The van der Waals surface area contributed by atoms with Gasteiger partial charge in [0.1, 0.15) is 0 Å². The Kier molecular flexibility index (Phi) is 4.50. The smallest absolute Gasteiger partial charge is 0.318 e. The van der Waals surface area contributed by atoms with Crippen molar-refractivity contribution in [1.29, 1.82) is 0 Å². The van der Waals surface area contributed by atoms with Gasteiger partial charge in [0.05, 0.1) is 18.1 Å². The van der Waals surface area contributed by atoms with E-state index < -0.39 is 0 Å². The molecule has 100 valence electrons. The maximum absolute atomic E-state index is 11.3. The average molecular weight is 286 g/mol. The predicted octanol–water partition coefficient (Wildman–Crippen LogP) is 2.54. The third-order valence-corrected chi connectivity index (χ3v) is 5.09. The Morgan fingerprint density at radius 2 is 2.44 bits per heavy atom. The number of anilines is 1. The molecule has 0 unspecified atom stereocenters. The second-order valence-corrected chi connectivity index (χ2v) is 6.61.